The maximum atomic E-state index is 11.6. The molecule has 0 bridgehead atoms. The fraction of sp³-hybridized carbons (Fsp3) is 0.500. The van der Waals surface area contributed by atoms with Gasteiger partial charge in [-0.05, 0) is 25.3 Å². The molecular weight excluding hydrogens is 228 g/mol. The van der Waals surface area contributed by atoms with Crippen molar-refractivity contribution in [2.75, 3.05) is 6.54 Å². The molecule has 1 heterocycles. The highest BCUT2D eigenvalue weighted by molar-refractivity contribution is 5.93. The second kappa shape index (κ2) is 5.23. The second-order valence-corrected chi connectivity index (χ2v) is 4.03. The van der Waals surface area contributed by atoms with Crippen LogP contribution in [0.1, 0.15) is 29.6 Å². The lowest BCUT2D eigenvalue weighted by Crippen LogP contribution is -2.54. The largest absolute Gasteiger partial charge is 0.350 e. The topological polar surface area (TPSA) is 80.9 Å². The molecule has 0 spiro atoms. The van der Waals surface area contributed by atoms with Crippen LogP contribution < -0.4 is 11.1 Å². The number of amides is 1. The van der Waals surface area contributed by atoms with E-state index < -0.39 is 0 Å². The highest BCUT2D eigenvalue weighted by Crippen LogP contribution is 2.28. The van der Waals surface area contributed by atoms with E-state index in [0.717, 1.165) is 19.3 Å². The van der Waals surface area contributed by atoms with Gasteiger partial charge in [0.1, 0.15) is 0 Å². The molecule has 0 atom stereocenters. The van der Waals surface area contributed by atoms with Crippen LogP contribution in [-0.4, -0.2) is 28.2 Å². The Labute approximate surface area is 100 Å². The van der Waals surface area contributed by atoms with Gasteiger partial charge in [-0.25, -0.2) is 0 Å². The lowest BCUT2D eigenvalue weighted by atomic mass is 9.78. The van der Waals surface area contributed by atoms with Crippen molar-refractivity contribution in [2.45, 2.75) is 24.8 Å². The molecule has 1 saturated carbocycles. The Kier molecular flexibility index (Phi) is 4.20. The van der Waals surface area contributed by atoms with Crippen molar-refractivity contribution >= 4 is 18.3 Å². The highest BCUT2D eigenvalue weighted by atomic mass is 35.5. The molecule has 0 aromatic carbocycles. The molecule has 1 aromatic rings. The van der Waals surface area contributed by atoms with E-state index in [9.17, 15) is 4.79 Å². The summed E-state index contributed by atoms with van der Waals surface area (Å²) >= 11 is 0. The van der Waals surface area contributed by atoms with Crippen LogP contribution in [0.5, 0.6) is 0 Å². The first-order chi connectivity index (χ1) is 7.20. The van der Waals surface area contributed by atoms with Gasteiger partial charge in [0.25, 0.3) is 5.91 Å². The minimum absolute atomic E-state index is 0. The van der Waals surface area contributed by atoms with Gasteiger partial charge in [0.05, 0.1) is 18.0 Å². The van der Waals surface area contributed by atoms with Crippen LogP contribution in [0.3, 0.4) is 0 Å². The third-order valence-electron chi connectivity index (χ3n) is 2.80. The SMILES string of the molecule is Cl.NC1(CNC(=O)c2ccnnc2)CCC1. The average Bonchev–Trinajstić information content (AvgIpc) is 2.24. The number of nitrogens with two attached hydrogens (primary N) is 1. The molecule has 5 nitrogen and oxygen atoms in total. The molecule has 1 aliphatic carbocycles. The molecule has 3 N–H and O–H groups in total. The summed E-state index contributed by atoms with van der Waals surface area (Å²) < 4.78 is 0. The minimum atomic E-state index is -0.184. The highest BCUT2D eigenvalue weighted by Gasteiger charge is 2.32. The third kappa shape index (κ3) is 2.90. The summed E-state index contributed by atoms with van der Waals surface area (Å²) in [6, 6.07) is 1.63. The molecule has 0 aliphatic heterocycles. The zero-order valence-electron chi connectivity index (χ0n) is 8.85. The predicted octanol–water partition coefficient (Wildman–Crippen LogP) is 0.510. The lowest BCUT2D eigenvalue weighted by molar-refractivity contribution is 0.0929. The van der Waals surface area contributed by atoms with Crippen molar-refractivity contribution in [3.63, 3.8) is 0 Å². The molecule has 6 heteroatoms. The molecule has 0 saturated heterocycles. The van der Waals surface area contributed by atoms with Crippen molar-refractivity contribution in [1.82, 2.24) is 15.5 Å². The molecule has 0 radical (unpaired) electrons. The van der Waals surface area contributed by atoms with Gasteiger partial charge >= 0.3 is 0 Å². The van der Waals surface area contributed by atoms with Gasteiger partial charge in [0.2, 0.25) is 0 Å². The molecule has 0 unspecified atom stereocenters. The molecular formula is C10H15ClN4O. The number of rotatable bonds is 3. The van der Waals surface area contributed by atoms with Gasteiger partial charge < -0.3 is 11.1 Å². The quantitative estimate of drug-likeness (QED) is 0.809. The Hall–Kier alpha value is -1.20. The van der Waals surface area contributed by atoms with E-state index >= 15 is 0 Å². The maximum Gasteiger partial charge on any atom is 0.253 e. The predicted molar refractivity (Wildman–Crippen MR) is 62.4 cm³/mol. The van der Waals surface area contributed by atoms with Gasteiger partial charge in [-0.3, -0.25) is 4.79 Å². The van der Waals surface area contributed by atoms with E-state index in [1.807, 2.05) is 0 Å². The first-order valence-corrected chi connectivity index (χ1v) is 5.03. The first kappa shape index (κ1) is 12.9. The Balaban J connectivity index is 0.00000128. The van der Waals surface area contributed by atoms with Crippen molar-refractivity contribution in [2.24, 2.45) is 5.73 Å². The number of hydrogen-bond acceptors (Lipinski definition) is 4. The van der Waals surface area contributed by atoms with Crippen LogP contribution in [0.15, 0.2) is 18.5 Å². The number of carbonyl (C=O) groups is 1. The number of carbonyl (C=O) groups excluding carboxylic acids is 1. The standard InChI is InChI=1S/C10H14N4O.ClH/c11-10(3-1-4-10)7-12-9(15)8-2-5-13-14-6-8;/h2,5-6H,1,3-4,7,11H2,(H,12,15);1H. The molecule has 1 aromatic heterocycles. The maximum absolute atomic E-state index is 11.6. The average molecular weight is 243 g/mol. The van der Waals surface area contributed by atoms with E-state index in [4.69, 9.17) is 5.73 Å². The van der Waals surface area contributed by atoms with Gasteiger partial charge in [0.15, 0.2) is 0 Å². The minimum Gasteiger partial charge on any atom is -0.350 e. The van der Waals surface area contributed by atoms with Gasteiger partial charge in [-0.1, -0.05) is 0 Å². The Morgan fingerprint density at radius 3 is 2.75 bits per heavy atom. The fourth-order valence-electron chi connectivity index (χ4n) is 1.59. The smallest absolute Gasteiger partial charge is 0.253 e. The normalized spacial score (nSPS) is 16.8. The van der Waals surface area contributed by atoms with E-state index in [2.05, 4.69) is 15.5 Å². The number of nitrogens with one attached hydrogen (secondary N) is 1. The van der Waals surface area contributed by atoms with Crippen LogP contribution >= 0.6 is 12.4 Å². The molecule has 1 aliphatic rings. The summed E-state index contributed by atoms with van der Waals surface area (Å²) in [6.45, 7) is 0.536. The zero-order valence-corrected chi connectivity index (χ0v) is 9.67. The van der Waals surface area contributed by atoms with Crippen molar-refractivity contribution in [3.05, 3.63) is 24.0 Å². The van der Waals surface area contributed by atoms with Crippen LogP contribution in [-0.2, 0) is 0 Å². The van der Waals surface area contributed by atoms with Crippen LogP contribution in [0.25, 0.3) is 0 Å². The summed E-state index contributed by atoms with van der Waals surface area (Å²) in [6.07, 6.45) is 6.07. The number of halogens is 1. The third-order valence-corrected chi connectivity index (χ3v) is 2.80. The van der Waals surface area contributed by atoms with Crippen molar-refractivity contribution in [1.29, 1.82) is 0 Å². The summed E-state index contributed by atoms with van der Waals surface area (Å²) in [5.74, 6) is -0.137. The van der Waals surface area contributed by atoms with E-state index in [1.165, 1.54) is 12.4 Å². The van der Waals surface area contributed by atoms with Crippen LogP contribution in [0.4, 0.5) is 0 Å². The molecule has 16 heavy (non-hydrogen) atoms. The van der Waals surface area contributed by atoms with E-state index in [0.29, 0.717) is 12.1 Å². The number of aromatic nitrogens is 2. The summed E-state index contributed by atoms with van der Waals surface area (Å²) in [4.78, 5) is 11.6. The number of hydrogen-bond donors (Lipinski definition) is 2. The van der Waals surface area contributed by atoms with Gasteiger partial charge in [0, 0.05) is 12.1 Å². The summed E-state index contributed by atoms with van der Waals surface area (Å²) in [5, 5.41) is 10.1. The van der Waals surface area contributed by atoms with Crippen molar-refractivity contribution in [3.8, 4) is 0 Å². The Morgan fingerprint density at radius 1 is 1.50 bits per heavy atom. The zero-order chi connectivity index (χ0) is 10.7. The number of nitrogens with zero attached hydrogens (tertiary/aromatic N) is 2. The van der Waals surface area contributed by atoms with E-state index in [-0.39, 0.29) is 23.9 Å². The van der Waals surface area contributed by atoms with E-state index in [1.54, 1.807) is 6.07 Å². The monoisotopic (exact) mass is 242 g/mol. The van der Waals surface area contributed by atoms with Crippen LogP contribution in [0.2, 0.25) is 0 Å². The summed E-state index contributed by atoms with van der Waals surface area (Å²) in [5.41, 5.74) is 6.32. The van der Waals surface area contributed by atoms with Crippen LogP contribution in [0, 0.1) is 0 Å². The molecule has 88 valence electrons. The first-order valence-electron chi connectivity index (χ1n) is 5.03. The molecule has 2 rings (SSSR count). The van der Waals surface area contributed by atoms with Gasteiger partial charge in [-0.2, -0.15) is 10.2 Å². The molecule has 1 fully saturated rings. The Morgan fingerprint density at radius 2 is 2.25 bits per heavy atom. The Bertz CT molecular complexity index is 353. The lowest BCUT2D eigenvalue weighted by Gasteiger charge is -2.38. The second-order valence-electron chi connectivity index (χ2n) is 4.03. The van der Waals surface area contributed by atoms with Gasteiger partial charge in [-0.15, -0.1) is 12.4 Å². The molecule has 1 amide bonds. The summed E-state index contributed by atoms with van der Waals surface area (Å²) in [7, 11) is 0. The fourth-order valence-corrected chi connectivity index (χ4v) is 1.59. The van der Waals surface area contributed by atoms with Crippen molar-refractivity contribution < 1.29 is 4.79 Å².